The number of rotatable bonds is 4. The number of benzene rings is 1. The van der Waals surface area contributed by atoms with E-state index in [4.69, 9.17) is 16.7 Å². The average Bonchev–Trinajstić information content (AvgIpc) is 2.21. The Morgan fingerprint density at radius 2 is 2.12 bits per heavy atom. The van der Waals surface area contributed by atoms with E-state index in [-0.39, 0.29) is 12.5 Å². The van der Waals surface area contributed by atoms with E-state index in [0.29, 0.717) is 17.0 Å². The molecule has 1 aromatic carbocycles. The summed E-state index contributed by atoms with van der Waals surface area (Å²) in [6.07, 6.45) is 0.512. The van der Waals surface area contributed by atoms with Crippen molar-refractivity contribution < 1.29 is 9.90 Å². The molecule has 0 aliphatic carbocycles. The van der Waals surface area contributed by atoms with Crippen LogP contribution in [-0.4, -0.2) is 23.2 Å². The molecule has 0 fully saturated rings. The molecule has 0 heterocycles. The van der Waals surface area contributed by atoms with Crippen molar-refractivity contribution in [3.8, 4) is 0 Å². The zero-order valence-electron chi connectivity index (χ0n) is 10.4. The molecule has 1 aromatic rings. The third-order valence-corrected chi connectivity index (χ3v) is 3.03. The van der Waals surface area contributed by atoms with Crippen LogP contribution < -0.4 is 5.32 Å². The zero-order valence-corrected chi connectivity index (χ0v) is 11.1. The number of amides is 1. The number of aryl methyl sites for hydroxylation is 1. The van der Waals surface area contributed by atoms with Crippen LogP contribution in [0.5, 0.6) is 0 Å². The lowest BCUT2D eigenvalue weighted by atomic mass is 10.0. The van der Waals surface area contributed by atoms with Gasteiger partial charge in [-0.2, -0.15) is 0 Å². The summed E-state index contributed by atoms with van der Waals surface area (Å²) in [7, 11) is 0. The second-order valence-corrected chi connectivity index (χ2v) is 5.18. The molecule has 94 valence electrons. The SMILES string of the molecule is Cc1ccc(C(=O)NC(C)(C)CCO)cc1Cl. The van der Waals surface area contributed by atoms with Crippen LogP contribution in [0, 0.1) is 6.92 Å². The second kappa shape index (κ2) is 5.52. The first-order valence-corrected chi connectivity index (χ1v) is 5.93. The molecule has 4 heteroatoms. The molecular weight excluding hydrogens is 238 g/mol. The van der Waals surface area contributed by atoms with Gasteiger partial charge in [0, 0.05) is 22.7 Å². The van der Waals surface area contributed by atoms with Gasteiger partial charge in [0.05, 0.1) is 0 Å². The predicted molar refractivity (Wildman–Crippen MR) is 69.4 cm³/mol. The third-order valence-electron chi connectivity index (χ3n) is 2.62. The average molecular weight is 256 g/mol. The van der Waals surface area contributed by atoms with Gasteiger partial charge in [0.15, 0.2) is 0 Å². The minimum atomic E-state index is -0.427. The van der Waals surface area contributed by atoms with Crippen molar-refractivity contribution in [1.82, 2.24) is 5.32 Å². The van der Waals surface area contributed by atoms with E-state index in [2.05, 4.69) is 5.32 Å². The number of nitrogens with one attached hydrogen (secondary N) is 1. The second-order valence-electron chi connectivity index (χ2n) is 4.78. The fourth-order valence-corrected chi connectivity index (χ4v) is 1.64. The highest BCUT2D eigenvalue weighted by atomic mass is 35.5. The number of hydrogen-bond acceptors (Lipinski definition) is 2. The lowest BCUT2D eigenvalue weighted by Crippen LogP contribution is -2.44. The molecule has 17 heavy (non-hydrogen) atoms. The standard InChI is InChI=1S/C13H18ClNO2/c1-9-4-5-10(8-11(9)14)12(17)15-13(2,3)6-7-16/h4-5,8,16H,6-7H2,1-3H3,(H,15,17). The maximum atomic E-state index is 11.9. The number of carbonyl (C=O) groups is 1. The Hall–Kier alpha value is -1.06. The van der Waals surface area contributed by atoms with Crippen LogP contribution in [0.15, 0.2) is 18.2 Å². The van der Waals surface area contributed by atoms with E-state index in [1.54, 1.807) is 12.1 Å². The first-order chi connectivity index (χ1) is 7.85. The van der Waals surface area contributed by atoms with Crippen LogP contribution in [0.25, 0.3) is 0 Å². The van der Waals surface area contributed by atoms with Gasteiger partial charge >= 0.3 is 0 Å². The van der Waals surface area contributed by atoms with Crippen molar-refractivity contribution >= 4 is 17.5 Å². The normalized spacial score (nSPS) is 11.4. The van der Waals surface area contributed by atoms with Gasteiger partial charge in [0.2, 0.25) is 0 Å². The Morgan fingerprint density at radius 3 is 2.65 bits per heavy atom. The van der Waals surface area contributed by atoms with E-state index in [1.807, 2.05) is 26.8 Å². The largest absolute Gasteiger partial charge is 0.396 e. The molecule has 0 radical (unpaired) electrons. The predicted octanol–water partition coefficient (Wildman–Crippen LogP) is 2.54. The van der Waals surface area contributed by atoms with Crippen LogP contribution in [0.1, 0.15) is 36.2 Å². The number of aliphatic hydroxyl groups is 1. The smallest absolute Gasteiger partial charge is 0.251 e. The first kappa shape index (κ1) is 14.0. The summed E-state index contributed by atoms with van der Waals surface area (Å²) >= 11 is 5.97. The van der Waals surface area contributed by atoms with Crippen molar-refractivity contribution in [2.24, 2.45) is 0 Å². The minimum Gasteiger partial charge on any atom is -0.396 e. The molecule has 0 saturated carbocycles. The van der Waals surface area contributed by atoms with E-state index in [9.17, 15) is 4.79 Å². The maximum absolute atomic E-state index is 11.9. The summed E-state index contributed by atoms with van der Waals surface area (Å²) in [5.74, 6) is -0.176. The van der Waals surface area contributed by atoms with Crippen LogP contribution >= 0.6 is 11.6 Å². The zero-order chi connectivity index (χ0) is 13.1. The van der Waals surface area contributed by atoms with Gasteiger partial charge in [0.25, 0.3) is 5.91 Å². The fourth-order valence-electron chi connectivity index (χ4n) is 1.46. The van der Waals surface area contributed by atoms with Gasteiger partial charge in [-0.05, 0) is 44.9 Å². The Labute approximate surface area is 107 Å². The summed E-state index contributed by atoms with van der Waals surface area (Å²) in [6, 6.07) is 5.21. The van der Waals surface area contributed by atoms with Gasteiger partial charge in [-0.1, -0.05) is 17.7 Å². The van der Waals surface area contributed by atoms with Gasteiger partial charge in [-0.3, -0.25) is 4.79 Å². The third kappa shape index (κ3) is 4.02. The van der Waals surface area contributed by atoms with Crippen LogP contribution in [0.3, 0.4) is 0 Å². The highest BCUT2D eigenvalue weighted by Crippen LogP contribution is 2.17. The number of aliphatic hydroxyl groups excluding tert-OH is 1. The molecule has 0 unspecified atom stereocenters. The van der Waals surface area contributed by atoms with Gasteiger partial charge in [-0.25, -0.2) is 0 Å². The summed E-state index contributed by atoms with van der Waals surface area (Å²) in [4.78, 5) is 11.9. The topological polar surface area (TPSA) is 49.3 Å². The highest BCUT2D eigenvalue weighted by Gasteiger charge is 2.20. The van der Waals surface area contributed by atoms with Gasteiger partial charge in [0.1, 0.15) is 0 Å². The van der Waals surface area contributed by atoms with Crippen molar-refractivity contribution in [3.63, 3.8) is 0 Å². The Balaban J connectivity index is 2.80. The van der Waals surface area contributed by atoms with Crippen molar-refractivity contribution in [2.45, 2.75) is 32.7 Å². The van der Waals surface area contributed by atoms with E-state index >= 15 is 0 Å². The van der Waals surface area contributed by atoms with Crippen LogP contribution in [-0.2, 0) is 0 Å². The molecule has 1 rings (SSSR count). The highest BCUT2D eigenvalue weighted by molar-refractivity contribution is 6.31. The summed E-state index contributed by atoms with van der Waals surface area (Å²) in [6.45, 7) is 5.68. The summed E-state index contributed by atoms with van der Waals surface area (Å²) in [5.41, 5.74) is 1.05. The van der Waals surface area contributed by atoms with Crippen LogP contribution in [0.2, 0.25) is 5.02 Å². The quantitative estimate of drug-likeness (QED) is 0.869. The Bertz CT molecular complexity index is 416. The van der Waals surface area contributed by atoms with E-state index in [0.717, 1.165) is 5.56 Å². The van der Waals surface area contributed by atoms with Crippen molar-refractivity contribution in [2.75, 3.05) is 6.61 Å². The van der Waals surface area contributed by atoms with E-state index in [1.165, 1.54) is 0 Å². The lowest BCUT2D eigenvalue weighted by Gasteiger charge is -2.25. The molecule has 0 aliphatic rings. The molecule has 0 aliphatic heterocycles. The number of halogens is 1. The molecular formula is C13H18ClNO2. The van der Waals surface area contributed by atoms with Crippen molar-refractivity contribution in [1.29, 1.82) is 0 Å². The van der Waals surface area contributed by atoms with Crippen molar-refractivity contribution in [3.05, 3.63) is 34.3 Å². The molecule has 0 atom stereocenters. The van der Waals surface area contributed by atoms with Gasteiger partial charge < -0.3 is 10.4 Å². The summed E-state index contributed by atoms with van der Waals surface area (Å²) < 4.78 is 0. The number of hydrogen-bond donors (Lipinski definition) is 2. The minimum absolute atomic E-state index is 0.0436. The molecule has 0 spiro atoms. The number of carbonyl (C=O) groups excluding carboxylic acids is 1. The maximum Gasteiger partial charge on any atom is 0.251 e. The molecule has 0 bridgehead atoms. The molecule has 0 saturated heterocycles. The first-order valence-electron chi connectivity index (χ1n) is 5.55. The molecule has 3 nitrogen and oxygen atoms in total. The Kier molecular flexibility index (Phi) is 4.54. The van der Waals surface area contributed by atoms with E-state index < -0.39 is 5.54 Å². The fraction of sp³-hybridized carbons (Fsp3) is 0.462. The molecule has 2 N–H and O–H groups in total. The van der Waals surface area contributed by atoms with Crippen LogP contribution in [0.4, 0.5) is 0 Å². The molecule has 1 amide bonds. The van der Waals surface area contributed by atoms with Gasteiger partial charge in [-0.15, -0.1) is 0 Å². The molecule has 0 aromatic heterocycles. The lowest BCUT2D eigenvalue weighted by molar-refractivity contribution is 0.0899. The monoisotopic (exact) mass is 255 g/mol. The Morgan fingerprint density at radius 1 is 1.47 bits per heavy atom. The summed E-state index contributed by atoms with van der Waals surface area (Å²) in [5, 5.41) is 12.3.